The van der Waals surface area contributed by atoms with Crippen molar-refractivity contribution in [1.82, 2.24) is 9.97 Å². The number of halogens is 4. The summed E-state index contributed by atoms with van der Waals surface area (Å²) in [6.45, 7) is 5.27. The van der Waals surface area contributed by atoms with Crippen LogP contribution in [0.15, 0.2) is 30.6 Å². The summed E-state index contributed by atoms with van der Waals surface area (Å²) in [5.41, 5.74) is -1.34. The van der Waals surface area contributed by atoms with Crippen molar-refractivity contribution in [3.05, 3.63) is 46.7 Å². The van der Waals surface area contributed by atoms with Crippen molar-refractivity contribution in [3.63, 3.8) is 0 Å². The first-order valence-electron chi connectivity index (χ1n) is 7.51. The minimum Gasteiger partial charge on any atom is -0.341 e. The van der Waals surface area contributed by atoms with E-state index in [0.29, 0.717) is 19.0 Å². The van der Waals surface area contributed by atoms with Gasteiger partial charge in [-0.25, -0.2) is 9.97 Å². The van der Waals surface area contributed by atoms with E-state index in [9.17, 15) is 18.0 Å². The van der Waals surface area contributed by atoms with E-state index < -0.39 is 17.6 Å². The predicted molar refractivity (Wildman–Crippen MR) is 90.0 cm³/mol. The van der Waals surface area contributed by atoms with Gasteiger partial charge in [0.1, 0.15) is 0 Å². The number of carbonyl (C=O) groups is 1. The van der Waals surface area contributed by atoms with Crippen LogP contribution in [0.25, 0.3) is 0 Å². The highest BCUT2D eigenvalue weighted by molar-refractivity contribution is 6.30. The van der Waals surface area contributed by atoms with Crippen molar-refractivity contribution < 1.29 is 18.0 Å². The summed E-state index contributed by atoms with van der Waals surface area (Å²) in [6.07, 6.45) is -2.09. The van der Waals surface area contributed by atoms with E-state index in [4.69, 9.17) is 11.6 Å². The van der Waals surface area contributed by atoms with Gasteiger partial charge in [0.05, 0.1) is 16.8 Å². The number of nitrogens with zero attached hydrogens (tertiary/aromatic N) is 3. The number of benzene rings is 1. The monoisotopic (exact) mass is 372 g/mol. The Labute approximate surface area is 147 Å². The number of amides is 1. The molecular weight excluding hydrogens is 357 g/mol. The maximum Gasteiger partial charge on any atom is 0.418 e. The number of anilines is 2. The largest absolute Gasteiger partial charge is 0.418 e. The molecule has 1 N–H and O–H groups in total. The third-order valence-corrected chi connectivity index (χ3v) is 3.72. The average Bonchev–Trinajstić information content (AvgIpc) is 2.57. The van der Waals surface area contributed by atoms with Gasteiger partial charge < -0.3 is 10.2 Å². The quantitative estimate of drug-likeness (QED) is 0.852. The maximum absolute atomic E-state index is 13.1. The van der Waals surface area contributed by atoms with Gasteiger partial charge in [-0.3, -0.25) is 4.79 Å². The Hall–Kier alpha value is -2.35. The van der Waals surface area contributed by atoms with Crippen molar-refractivity contribution >= 4 is 29.1 Å². The van der Waals surface area contributed by atoms with E-state index in [1.807, 2.05) is 18.7 Å². The van der Waals surface area contributed by atoms with Gasteiger partial charge in [0.25, 0.3) is 5.91 Å². The summed E-state index contributed by atoms with van der Waals surface area (Å²) in [4.78, 5) is 22.2. The second-order valence-electron chi connectivity index (χ2n) is 5.09. The van der Waals surface area contributed by atoms with Crippen LogP contribution in [0.1, 0.15) is 29.8 Å². The van der Waals surface area contributed by atoms with E-state index in [2.05, 4.69) is 15.3 Å². The van der Waals surface area contributed by atoms with Crippen LogP contribution in [0.2, 0.25) is 5.02 Å². The fourth-order valence-electron chi connectivity index (χ4n) is 2.16. The van der Waals surface area contributed by atoms with Crippen LogP contribution >= 0.6 is 11.6 Å². The van der Waals surface area contributed by atoms with E-state index in [1.54, 1.807) is 0 Å². The van der Waals surface area contributed by atoms with Crippen LogP contribution in [0, 0.1) is 0 Å². The number of aromatic nitrogens is 2. The molecule has 0 aliphatic carbocycles. The summed E-state index contributed by atoms with van der Waals surface area (Å²) in [5, 5.41) is 2.15. The van der Waals surface area contributed by atoms with E-state index in [0.717, 1.165) is 12.1 Å². The number of alkyl halides is 3. The van der Waals surface area contributed by atoms with Gasteiger partial charge in [0.2, 0.25) is 5.95 Å². The lowest BCUT2D eigenvalue weighted by molar-refractivity contribution is -0.136. The van der Waals surface area contributed by atoms with Gasteiger partial charge in [0.15, 0.2) is 0 Å². The molecule has 2 rings (SSSR count). The van der Waals surface area contributed by atoms with Crippen molar-refractivity contribution in [3.8, 4) is 0 Å². The SMILES string of the molecule is CCN(CC)c1ncc(C(=O)Nc2ccc(Cl)cc2C(F)(F)F)cn1. The zero-order valence-electron chi connectivity index (χ0n) is 13.6. The Balaban J connectivity index is 2.23. The van der Waals surface area contributed by atoms with Crippen LogP contribution in [0.3, 0.4) is 0 Å². The minimum atomic E-state index is -4.64. The Kier molecular flexibility index (Phi) is 5.84. The summed E-state index contributed by atoms with van der Waals surface area (Å²) >= 11 is 5.61. The minimum absolute atomic E-state index is 0.0546. The molecule has 0 aliphatic heterocycles. The van der Waals surface area contributed by atoms with Gasteiger partial charge >= 0.3 is 6.18 Å². The molecule has 134 valence electrons. The Bertz CT molecular complexity index is 746. The molecule has 1 amide bonds. The lowest BCUT2D eigenvalue weighted by Crippen LogP contribution is -2.24. The lowest BCUT2D eigenvalue weighted by atomic mass is 10.1. The first-order chi connectivity index (χ1) is 11.8. The average molecular weight is 373 g/mol. The Morgan fingerprint density at radius 3 is 2.32 bits per heavy atom. The molecule has 0 unspecified atom stereocenters. The van der Waals surface area contributed by atoms with Crippen LogP contribution in [-0.2, 0) is 6.18 Å². The van der Waals surface area contributed by atoms with Crippen LogP contribution in [0.5, 0.6) is 0 Å². The molecule has 0 saturated heterocycles. The van der Waals surface area contributed by atoms with Crippen molar-refractivity contribution in [1.29, 1.82) is 0 Å². The second-order valence-corrected chi connectivity index (χ2v) is 5.52. The standard InChI is InChI=1S/C16H16ClF3N4O/c1-3-24(4-2)15-21-8-10(9-22-15)14(25)23-13-6-5-11(17)7-12(13)16(18,19)20/h5-9H,3-4H2,1-2H3,(H,23,25). The molecule has 0 saturated carbocycles. The third-order valence-electron chi connectivity index (χ3n) is 3.48. The van der Waals surface area contributed by atoms with Gasteiger partial charge in [0, 0.05) is 30.5 Å². The van der Waals surface area contributed by atoms with E-state index in [-0.39, 0.29) is 16.3 Å². The van der Waals surface area contributed by atoms with Crippen molar-refractivity contribution in [2.75, 3.05) is 23.3 Å². The van der Waals surface area contributed by atoms with Crippen molar-refractivity contribution in [2.45, 2.75) is 20.0 Å². The number of carbonyl (C=O) groups excluding carboxylic acids is 1. The van der Waals surface area contributed by atoms with Crippen LogP contribution in [0.4, 0.5) is 24.8 Å². The topological polar surface area (TPSA) is 58.1 Å². The number of hydrogen-bond donors (Lipinski definition) is 1. The molecule has 5 nitrogen and oxygen atoms in total. The number of nitrogens with one attached hydrogen (secondary N) is 1. The fraction of sp³-hybridized carbons (Fsp3) is 0.312. The molecule has 0 spiro atoms. The van der Waals surface area contributed by atoms with E-state index >= 15 is 0 Å². The molecule has 9 heteroatoms. The van der Waals surface area contributed by atoms with Gasteiger partial charge in [-0.2, -0.15) is 13.2 Å². The molecule has 1 aromatic carbocycles. The molecule has 0 fully saturated rings. The van der Waals surface area contributed by atoms with Crippen LogP contribution in [-0.4, -0.2) is 29.0 Å². The van der Waals surface area contributed by atoms with Gasteiger partial charge in [-0.1, -0.05) is 11.6 Å². The Morgan fingerprint density at radius 1 is 1.20 bits per heavy atom. The molecule has 0 aliphatic rings. The summed E-state index contributed by atoms with van der Waals surface area (Å²) in [6, 6.07) is 3.14. The van der Waals surface area contributed by atoms with Gasteiger partial charge in [-0.15, -0.1) is 0 Å². The number of hydrogen-bond acceptors (Lipinski definition) is 4. The summed E-state index contributed by atoms with van der Waals surface area (Å²) in [5.74, 6) is -0.289. The van der Waals surface area contributed by atoms with Crippen molar-refractivity contribution in [2.24, 2.45) is 0 Å². The molecule has 0 atom stereocenters. The van der Waals surface area contributed by atoms with E-state index in [1.165, 1.54) is 18.5 Å². The fourth-order valence-corrected chi connectivity index (χ4v) is 2.33. The third kappa shape index (κ3) is 4.60. The predicted octanol–water partition coefficient (Wildman–Crippen LogP) is 4.25. The first-order valence-corrected chi connectivity index (χ1v) is 7.89. The first kappa shape index (κ1) is 19.0. The lowest BCUT2D eigenvalue weighted by Gasteiger charge is -2.18. The molecule has 0 radical (unpaired) electrons. The van der Waals surface area contributed by atoms with Crippen LogP contribution < -0.4 is 10.2 Å². The highest BCUT2D eigenvalue weighted by Crippen LogP contribution is 2.36. The normalized spacial score (nSPS) is 11.3. The molecule has 0 bridgehead atoms. The summed E-state index contributed by atoms with van der Waals surface area (Å²) in [7, 11) is 0. The Morgan fingerprint density at radius 2 is 1.80 bits per heavy atom. The van der Waals surface area contributed by atoms with Gasteiger partial charge in [-0.05, 0) is 32.0 Å². The smallest absolute Gasteiger partial charge is 0.341 e. The molecule has 25 heavy (non-hydrogen) atoms. The highest BCUT2D eigenvalue weighted by Gasteiger charge is 2.34. The highest BCUT2D eigenvalue weighted by atomic mass is 35.5. The zero-order valence-corrected chi connectivity index (χ0v) is 14.3. The molecular formula is C16H16ClF3N4O. The molecule has 1 heterocycles. The summed E-state index contributed by atoms with van der Waals surface area (Å²) < 4.78 is 39.2. The maximum atomic E-state index is 13.1. The molecule has 1 aromatic heterocycles. The second kappa shape index (κ2) is 7.69. The molecule has 2 aromatic rings. The zero-order chi connectivity index (χ0) is 18.6. The number of rotatable bonds is 5.